The normalized spacial score (nSPS) is 54.5. The van der Waals surface area contributed by atoms with E-state index in [1.54, 1.807) is 0 Å². The lowest BCUT2D eigenvalue weighted by molar-refractivity contribution is -0.0506. The summed E-state index contributed by atoms with van der Waals surface area (Å²) in [6.45, 7) is 8.25. The van der Waals surface area contributed by atoms with Gasteiger partial charge >= 0.3 is 0 Å². The standard InChI is InChI=1S/C15H26O2/c1-10-5-7-14(3,16)12-6-8-15(4,17)13(12)9-11(10)2/h9-10,12-13,16-17H,5-8H2,1-4H3/b11-9-/t10-,12+,13-,14+,15-/m0/s1. The third kappa shape index (κ3) is 2.30. The maximum Gasteiger partial charge on any atom is 0.0686 e. The fraction of sp³-hybridized carbons (Fsp3) is 0.867. The van der Waals surface area contributed by atoms with Crippen molar-refractivity contribution in [1.82, 2.24) is 0 Å². The molecule has 0 aromatic rings. The molecule has 2 rings (SSSR count). The Kier molecular flexibility index (Phi) is 3.16. The van der Waals surface area contributed by atoms with Crippen LogP contribution in [-0.4, -0.2) is 21.4 Å². The molecule has 2 heteroatoms. The minimum atomic E-state index is -0.646. The molecule has 5 atom stereocenters. The van der Waals surface area contributed by atoms with Gasteiger partial charge in [0.1, 0.15) is 0 Å². The zero-order valence-corrected chi connectivity index (χ0v) is 11.5. The van der Waals surface area contributed by atoms with Crippen molar-refractivity contribution in [3.63, 3.8) is 0 Å². The van der Waals surface area contributed by atoms with E-state index in [2.05, 4.69) is 19.9 Å². The predicted octanol–water partition coefficient (Wildman–Crippen LogP) is 2.89. The molecular formula is C15H26O2. The maximum absolute atomic E-state index is 10.6. The van der Waals surface area contributed by atoms with Gasteiger partial charge in [-0.3, -0.25) is 0 Å². The molecule has 2 N–H and O–H groups in total. The van der Waals surface area contributed by atoms with Gasteiger partial charge in [0.05, 0.1) is 11.2 Å². The highest BCUT2D eigenvalue weighted by Gasteiger charge is 2.50. The van der Waals surface area contributed by atoms with Crippen LogP contribution >= 0.6 is 0 Å². The minimum absolute atomic E-state index is 0.111. The number of rotatable bonds is 0. The summed E-state index contributed by atoms with van der Waals surface area (Å²) in [5, 5.41) is 21.1. The van der Waals surface area contributed by atoms with Crippen molar-refractivity contribution in [2.75, 3.05) is 0 Å². The van der Waals surface area contributed by atoms with Crippen LogP contribution in [-0.2, 0) is 0 Å². The zero-order valence-electron chi connectivity index (χ0n) is 11.5. The van der Waals surface area contributed by atoms with E-state index in [4.69, 9.17) is 0 Å². The first-order valence-corrected chi connectivity index (χ1v) is 6.87. The quantitative estimate of drug-likeness (QED) is 0.637. The molecule has 0 aliphatic heterocycles. The van der Waals surface area contributed by atoms with Gasteiger partial charge in [-0.1, -0.05) is 18.6 Å². The highest BCUT2D eigenvalue weighted by atomic mass is 16.3. The van der Waals surface area contributed by atoms with Crippen molar-refractivity contribution >= 4 is 0 Å². The molecule has 0 bridgehead atoms. The van der Waals surface area contributed by atoms with Crippen molar-refractivity contribution in [2.24, 2.45) is 17.8 Å². The molecule has 2 nitrogen and oxygen atoms in total. The summed E-state index contributed by atoms with van der Waals surface area (Å²) in [6.07, 6.45) is 5.85. The summed E-state index contributed by atoms with van der Waals surface area (Å²) in [5.41, 5.74) is 0.0986. The molecule has 0 amide bonds. The van der Waals surface area contributed by atoms with Gasteiger partial charge in [0.25, 0.3) is 0 Å². The van der Waals surface area contributed by atoms with Gasteiger partial charge in [0, 0.05) is 5.92 Å². The van der Waals surface area contributed by atoms with Crippen molar-refractivity contribution in [2.45, 2.75) is 64.6 Å². The molecule has 0 aromatic heterocycles. The van der Waals surface area contributed by atoms with E-state index >= 15 is 0 Å². The van der Waals surface area contributed by atoms with Gasteiger partial charge in [-0.2, -0.15) is 0 Å². The summed E-state index contributed by atoms with van der Waals surface area (Å²) in [6, 6.07) is 0. The topological polar surface area (TPSA) is 40.5 Å². The third-order valence-corrected chi connectivity index (χ3v) is 5.22. The summed E-state index contributed by atoms with van der Waals surface area (Å²) < 4.78 is 0. The molecule has 0 radical (unpaired) electrons. The molecule has 2 aliphatic carbocycles. The van der Waals surface area contributed by atoms with E-state index in [-0.39, 0.29) is 11.8 Å². The van der Waals surface area contributed by atoms with Crippen LogP contribution in [0.1, 0.15) is 53.4 Å². The van der Waals surface area contributed by atoms with E-state index in [9.17, 15) is 10.2 Å². The van der Waals surface area contributed by atoms with Crippen molar-refractivity contribution in [3.8, 4) is 0 Å². The largest absolute Gasteiger partial charge is 0.390 e. The van der Waals surface area contributed by atoms with Gasteiger partial charge in [-0.15, -0.1) is 0 Å². The molecule has 1 saturated carbocycles. The Bertz CT molecular complexity index is 328. The highest BCUT2D eigenvalue weighted by molar-refractivity contribution is 5.16. The Hall–Kier alpha value is -0.340. The summed E-state index contributed by atoms with van der Waals surface area (Å²) in [4.78, 5) is 0. The Morgan fingerprint density at radius 1 is 1.12 bits per heavy atom. The Labute approximate surface area is 105 Å². The second-order valence-electron chi connectivity index (χ2n) is 6.74. The maximum atomic E-state index is 10.6. The lowest BCUT2D eigenvalue weighted by atomic mass is 9.71. The molecule has 0 spiro atoms. The van der Waals surface area contributed by atoms with Crippen LogP contribution in [0, 0.1) is 17.8 Å². The lowest BCUT2D eigenvalue weighted by Gasteiger charge is -2.39. The Morgan fingerprint density at radius 3 is 2.35 bits per heavy atom. The first-order valence-electron chi connectivity index (χ1n) is 6.87. The van der Waals surface area contributed by atoms with E-state index in [0.717, 1.165) is 25.7 Å². The molecule has 0 heterocycles. The van der Waals surface area contributed by atoms with Crippen LogP contribution in [0.4, 0.5) is 0 Å². The smallest absolute Gasteiger partial charge is 0.0686 e. The monoisotopic (exact) mass is 238 g/mol. The molecule has 17 heavy (non-hydrogen) atoms. The summed E-state index contributed by atoms with van der Waals surface area (Å²) in [7, 11) is 0. The van der Waals surface area contributed by atoms with Crippen LogP contribution < -0.4 is 0 Å². The van der Waals surface area contributed by atoms with E-state index in [1.807, 2.05) is 13.8 Å². The molecule has 2 aliphatic rings. The van der Waals surface area contributed by atoms with Crippen LogP contribution in [0.3, 0.4) is 0 Å². The molecule has 0 saturated heterocycles. The summed E-state index contributed by atoms with van der Waals surface area (Å²) in [5.74, 6) is 0.832. The average molecular weight is 238 g/mol. The van der Waals surface area contributed by atoms with Gasteiger partial charge in [0.15, 0.2) is 0 Å². The van der Waals surface area contributed by atoms with E-state index < -0.39 is 11.2 Å². The number of hydrogen-bond acceptors (Lipinski definition) is 2. The fourth-order valence-electron chi connectivity index (χ4n) is 3.59. The van der Waals surface area contributed by atoms with Gasteiger partial charge < -0.3 is 10.2 Å². The fourth-order valence-corrected chi connectivity index (χ4v) is 3.59. The highest BCUT2D eigenvalue weighted by Crippen LogP contribution is 2.49. The number of allylic oxidation sites excluding steroid dienone is 1. The predicted molar refractivity (Wildman–Crippen MR) is 69.6 cm³/mol. The number of hydrogen-bond donors (Lipinski definition) is 2. The van der Waals surface area contributed by atoms with Gasteiger partial charge in [-0.25, -0.2) is 0 Å². The van der Waals surface area contributed by atoms with Crippen molar-refractivity contribution in [1.29, 1.82) is 0 Å². The second-order valence-corrected chi connectivity index (χ2v) is 6.74. The SMILES string of the molecule is C/C1=C/[C@H]2[C@@H](CC[C@]2(C)O)[C@](C)(O)CC[C@@H]1C. The molecule has 0 unspecified atom stereocenters. The minimum Gasteiger partial charge on any atom is -0.390 e. The van der Waals surface area contributed by atoms with Gasteiger partial charge in [0.2, 0.25) is 0 Å². The van der Waals surface area contributed by atoms with Crippen LogP contribution in [0.5, 0.6) is 0 Å². The second kappa shape index (κ2) is 4.10. The molecule has 0 aromatic carbocycles. The van der Waals surface area contributed by atoms with Crippen LogP contribution in [0.25, 0.3) is 0 Å². The molecule has 98 valence electrons. The van der Waals surface area contributed by atoms with Crippen LogP contribution in [0.15, 0.2) is 11.6 Å². The average Bonchev–Trinajstić information content (AvgIpc) is 2.51. The van der Waals surface area contributed by atoms with Crippen molar-refractivity contribution in [3.05, 3.63) is 11.6 Å². The first-order chi connectivity index (χ1) is 7.74. The Morgan fingerprint density at radius 2 is 1.71 bits per heavy atom. The summed E-state index contributed by atoms with van der Waals surface area (Å²) >= 11 is 0. The molecule has 1 fully saturated rings. The van der Waals surface area contributed by atoms with E-state index in [1.165, 1.54) is 5.57 Å². The zero-order chi connectivity index (χ0) is 12.8. The first kappa shape index (κ1) is 13.1. The van der Waals surface area contributed by atoms with Crippen LogP contribution in [0.2, 0.25) is 0 Å². The van der Waals surface area contributed by atoms with Gasteiger partial charge in [-0.05, 0) is 58.3 Å². The number of fused-ring (bicyclic) bond motifs is 1. The lowest BCUT2D eigenvalue weighted by Crippen LogP contribution is -2.42. The third-order valence-electron chi connectivity index (χ3n) is 5.22. The van der Waals surface area contributed by atoms with E-state index in [0.29, 0.717) is 5.92 Å². The number of aliphatic hydroxyl groups is 2. The molecular weight excluding hydrogens is 212 g/mol. The Balaban J connectivity index is 2.39. The van der Waals surface area contributed by atoms with Crippen molar-refractivity contribution < 1.29 is 10.2 Å².